The minimum Gasteiger partial charge on any atom is -0.497 e. The Balaban J connectivity index is 1.53. The van der Waals surface area contributed by atoms with E-state index in [1.165, 1.54) is 34.1 Å². The molecule has 1 aliphatic heterocycles. The first-order valence-corrected chi connectivity index (χ1v) is 12.2. The highest BCUT2D eigenvalue weighted by Crippen LogP contribution is 2.34. The van der Waals surface area contributed by atoms with Crippen LogP contribution in [-0.4, -0.2) is 55.0 Å². The number of rotatable bonds is 9. The van der Waals surface area contributed by atoms with Crippen LogP contribution >= 0.6 is 11.3 Å². The Morgan fingerprint density at radius 2 is 2.00 bits per heavy atom. The fourth-order valence-corrected chi connectivity index (χ4v) is 5.10. The molecule has 2 heterocycles. The molecule has 8 heteroatoms. The van der Waals surface area contributed by atoms with Gasteiger partial charge in [0.25, 0.3) is 5.91 Å². The summed E-state index contributed by atoms with van der Waals surface area (Å²) in [4.78, 5) is 30.8. The summed E-state index contributed by atoms with van der Waals surface area (Å²) in [6.45, 7) is 4.40. The summed E-state index contributed by atoms with van der Waals surface area (Å²) in [5.74, 6) is -0.0741. The third-order valence-corrected chi connectivity index (χ3v) is 6.93. The monoisotopic (exact) mass is 494 g/mol. The molecule has 2 aromatic carbocycles. The molecule has 0 unspecified atom stereocenters. The van der Waals surface area contributed by atoms with Crippen molar-refractivity contribution in [2.45, 2.75) is 12.5 Å². The van der Waals surface area contributed by atoms with Gasteiger partial charge in [-0.25, -0.2) is 4.39 Å². The molecule has 4 rings (SSSR count). The number of benzene rings is 2. The first kappa shape index (κ1) is 24.5. The SMILES string of the molecule is C=CCN(CC(=O)N1CCc2sccc2[C@H]1COc1cccc(OC)c1)C(=O)c1ccccc1F. The van der Waals surface area contributed by atoms with E-state index in [0.29, 0.717) is 18.0 Å². The summed E-state index contributed by atoms with van der Waals surface area (Å²) in [6, 6.07) is 14.8. The van der Waals surface area contributed by atoms with Gasteiger partial charge in [-0.1, -0.05) is 24.3 Å². The second kappa shape index (κ2) is 11.2. The molecule has 0 aliphatic carbocycles. The van der Waals surface area contributed by atoms with E-state index < -0.39 is 11.7 Å². The third kappa shape index (κ3) is 5.54. The number of carbonyl (C=O) groups excluding carboxylic acids is 2. The topological polar surface area (TPSA) is 59.1 Å². The van der Waals surface area contributed by atoms with Gasteiger partial charge in [-0.3, -0.25) is 9.59 Å². The lowest BCUT2D eigenvalue weighted by molar-refractivity contribution is -0.135. The Kier molecular flexibility index (Phi) is 7.82. The molecule has 182 valence electrons. The maximum Gasteiger partial charge on any atom is 0.257 e. The number of halogens is 1. The molecule has 1 atom stereocenters. The number of amides is 2. The number of hydrogen-bond acceptors (Lipinski definition) is 5. The summed E-state index contributed by atoms with van der Waals surface area (Å²) in [6.07, 6.45) is 2.26. The molecule has 1 aliphatic rings. The van der Waals surface area contributed by atoms with Gasteiger partial charge in [0.1, 0.15) is 30.5 Å². The van der Waals surface area contributed by atoms with Crippen molar-refractivity contribution in [3.8, 4) is 11.5 Å². The maximum absolute atomic E-state index is 14.2. The molecule has 1 aromatic heterocycles. The van der Waals surface area contributed by atoms with Gasteiger partial charge in [0, 0.05) is 24.0 Å². The molecular weight excluding hydrogens is 467 g/mol. The van der Waals surface area contributed by atoms with Crippen LogP contribution in [0.1, 0.15) is 26.8 Å². The van der Waals surface area contributed by atoms with E-state index in [1.54, 1.807) is 35.5 Å². The smallest absolute Gasteiger partial charge is 0.257 e. The van der Waals surface area contributed by atoms with Crippen LogP contribution in [0.2, 0.25) is 0 Å². The molecule has 3 aromatic rings. The van der Waals surface area contributed by atoms with Gasteiger partial charge in [0.15, 0.2) is 0 Å². The van der Waals surface area contributed by atoms with Gasteiger partial charge < -0.3 is 19.3 Å². The summed E-state index contributed by atoms with van der Waals surface area (Å²) in [7, 11) is 1.59. The largest absolute Gasteiger partial charge is 0.497 e. The average Bonchev–Trinajstić information content (AvgIpc) is 3.36. The fourth-order valence-electron chi connectivity index (χ4n) is 4.17. The number of carbonyl (C=O) groups is 2. The van der Waals surface area contributed by atoms with Crippen molar-refractivity contribution < 1.29 is 23.5 Å². The van der Waals surface area contributed by atoms with E-state index in [-0.39, 0.29) is 37.2 Å². The van der Waals surface area contributed by atoms with Crippen LogP contribution in [0.15, 0.2) is 72.6 Å². The van der Waals surface area contributed by atoms with Crippen molar-refractivity contribution in [2.75, 3.05) is 33.4 Å². The van der Waals surface area contributed by atoms with Crippen LogP contribution in [0.4, 0.5) is 4.39 Å². The predicted molar refractivity (Wildman–Crippen MR) is 133 cm³/mol. The molecule has 0 spiro atoms. The van der Waals surface area contributed by atoms with Crippen LogP contribution in [-0.2, 0) is 11.2 Å². The van der Waals surface area contributed by atoms with Gasteiger partial charge in [0.2, 0.25) is 5.91 Å². The van der Waals surface area contributed by atoms with Crippen LogP contribution in [0, 0.1) is 5.82 Å². The standard InChI is InChI=1S/C27H27FN2O4S/c1-3-13-29(27(32)21-9-4-5-10-23(21)28)17-26(31)30-14-11-25-22(12-15-35-25)24(30)18-34-20-8-6-7-19(16-20)33-2/h3-10,12,15-16,24H,1,11,13-14,17-18H2,2H3/t24-/m1/s1. The quantitative estimate of drug-likeness (QED) is 0.404. The normalized spacial score (nSPS) is 14.7. The minimum atomic E-state index is -0.621. The Labute approximate surface area is 208 Å². The second-order valence-electron chi connectivity index (χ2n) is 8.10. The molecule has 0 radical (unpaired) electrons. The van der Waals surface area contributed by atoms with Crippen molar-refractivity contribution in [3.05, 3.63) is 94.5 Å². The Morgan fingerprint density at radius 3 is 2.77 bits per heavy atom. The highest BCUT2D eigenvalue weighted by atomic mass is 32.1. The van der Waals surface area contributed by atoms with E-state index in [0.717, 1.165) is 12.0 Å². The van der Waals surface area contributed by atoms with E-state index >= 15 is 0 Å². The number of fused-ring (bicyclic) bond motifs is 1. The second-order valence-corrected chi connectivity index (χ2v) is 9.10. The molecule has 0 saturated carbocycles. The number of hydrogen-bond donors (Lipinski definition) is 0. The molecule has 6 nitrogen and oxygen atoms in total. The lowest BCUT2D eigenvalue weighted by atomic mass is 10.0. The summed E-state index contributed by atoms with van der Waals surface area (Å²) in [5, 5.41) is 2.02. The van der Waals surface area contributed by atoms with Gasteiger partial charge in [0.05, 0.1) is 18.7 Å². The summed E-state index contributed by atoms with van der Waals surface area (Å²) in [5.41, 5.74) is 0.979. The number of methoxy groups -OCH3 is 1. The highest BCUT2D eigenvalue weighted by Gasteiger charge is 2.33. The first-order chi connectivity index (χ1) is 17.0. The molecule has 2 amide bonds. The highest BCUT2D eigenvalue weighted by molar-refractivity contribution is 7.10. The molecule has 0 N–H and O–H groups in total. The number of nitrogens with zero attached hydrogens (tertiary/aromatic N) is 2. The molecule has 0 fully saturated rings. The molecule has 0 saturated heterocycles. The minimum absolute atomic E-state index is 0.0705. The van der Waals surface area contributed by atoms with E-state index in [9.17, 15) is 14.0 Å². The van der Waals surface area contributed by atoms with E-state index in [1.807, 2.05) is 29.6 Å². The van der Waals surface area contributed by atoms with Gasteiger partial charge in [-0.05, 0) is 47.7 Å². The lowest BCUT2D eigenvalue weighted by Gasteiger charge is -2.37. The number of ether oxygens (including phenoxy) is 2. The third-order valence-electron chi connectivity index (χ3n) is 5.93. The Hall–Kier alpha value is -3.65. The van der Waals surface area contributed by atoms with E-state index in [2.05, 4.69) is 6.58 Å². The Bertz CT molecular complexity index is 1210. The molecular formula is C27H27FN2O4S. The van der Waals surface area contributed by atoms with Gasteiger partial charge in [-0.2, -0.15) is 0 Å². The molecule has 0 bridgehead atoms. The zero-order valence-electron chi connectivity index (χ0n) is 19.5. The fraction of sp³-hybridized carbons (Fsp3) is 0.259. The zero-order valence-corrected chi connectivity index (χ0v) is 20.3. The van der Waals surface area contributed by atoms with Crippen molar-refractivity contribution in [3.63, 3.8) is 0 Å². The Morgan fingerprint density at radius 1 is 1.20 bits per heavy atom. The molecule has 35 heavy (non-hydrogen) atoms. The van der Waals surface area contributed by atoms with Gasteiger partial charge in [-0.15, -0.1) is 17.9 Å². The van der Waals surface area contributed by atoms with Crippen molar-refractivity contribution in [1.82, 2.24) is 9.80 Å². The first-order valence-electron chi connectivity index (χ1n) is 11.3. The zero-order chi connectivity index (χ0) is 24.8. The van der Waals surface area contributed by atoms with Crippen LogP contribution in [0.25, 0.3) is 0 Å². The van der Waals surface area contributed by atoms with Gasteiger partial charge >= 0.3 is 0 Å². The summed E-state index contributed by atoms with van der Waals surface area (Å²) < 4.78 is 25.6. The van der Waals surface area contributed by atoms with E-state index in [4.69, 9.17) is 9.47 Å². The van der Waals surface area contributed by atoms with Crippen molar-refractivity contribution in [2.24, 2.45) is 0 Å². The van der Waals surface area contributed by atoms with Crippen LogP contribution in [0.3, 0.4) is 0 Å². The van der Waals surface area contributed by atoms with Crippen molar-refractivity contribution in [1.29, 1.82) is 0 Å². The predicted octanol–water partition coefficient (Wildman–Crippen LogP) is 4.73. The summed E-state index contributed by atoms with van der Waals surface area (Å²) >= 11 is 1.66. The maximum atomic E-state index is 14.2. The average molecular weight is 495 g/mol. The lowest BCUT2D eigenvalue weighted by Crippen LogP contribution is -2.48. The number of thiophene rings is 1. The van der Waals surface area contributed by atoms with Crippen LogP contribution in [0.5, 0.6) is 11.5 Å². The van der Waals surface area contributed by atoms with Crippen LogP contribution < -0.4 is 9.47 Å². The van der Waals surface area contributed by atoms with Crippen molar-refractivity contribution >= 4 is 23.2 Å².